The molecule has 1 aromatic rings. The summed E-state index contributed by atoms with van der Waals surface area (Å²) in [5, 5.41) is 3.56. The maximum atomic E-state index is 13.9. The summed E-state index contributed by atoms with van der Waals surface area (Å²) in [6.45, 7) is 7.57. The van der Waals surface area contributed by atoms with Gasteiger partial charge in [0, 0.05) is 51.8 Å². The number of ether oxygens (including phenoxy) is 2. The minimum Gasteiger partial charge on any atom is -0.381 e. The highest BCUT2D eigenvalue weighted by atomic mass is 19.1. The van der Waals surface area contributed by atoms with Crippen LogP contribution < -0.4 is 5.32 Å². The van der Waals surface area contributed by atoms with Crippen LogP contribution >= 0.6 is 0 Å². The first-order chi connectivity index (χ1) is 13.7. The zero-order valence-corrected chi connectivity index (χ0v) is 16.7. The summed E-state index contributed by atoms with van der Waals surface area (Å²) in [6.07, 6.45) is 2.30. The molecule has 0 aliphatic carbocycles. The number of benzene rings is 1. The third kappa shape index (κ3) is 4.31. The van der Waals surface area contributed by atoms with Crippen LogP contribution in [0.3, 0.4) is 0 Å². The predicted molar refractivity (Wildman–Crippen MR) is 107 cm³/mol. The topological polar surface area (TPSA) is 49.3 Å². The van der Waals surface area contributed by atoms with Crippen LogP contribution in [0.25, 0.3) is 0 Å². The fourth-order valence-electron chi connectivity index (χ4n) is 4.67. The smallest absolute Gasteiger partial charge is 0.193 e. The molecule has 2 unspecified atom stereocenters. The normalized spacial score (nSPS) is 27.5. The number of nitrogens with zero attached hydrogens (tertiary/aromatic N) is 3. The van der Waals surface area contributed by atoms with E-state index < -0.39 is 0 Å². The van der Waals surface area contributed by atoms with Gasteiger partial charge in [-0.05, 0) is 30.5 Å². The van der Waals surface area contributed by atoms with E-state index in [1.165, 1.54) is 6.07 Å². The molecule has 3 aliphatic rings. The van der Waals surface area contributed by atoms with E-state index in [1.807, 2.05) is 13.1 Å². The second-order valence-electron chi connectivity index (χ2n) is 8.12. The summed E-state index contributed by atoms with van der Waals surface area (Å²) in [5.41, 5.74) is 1.29. The Morgan fingerprint density at radius 2 is 2.07 bits per heavy atom. The molecule has 1 aromatic carbocycles. The van der Waals surface area contributed by atoms with Crippen molar-refractivity contribution in [1.29, 1.82) is 0 Å². The summed E-state index contributed by atoms with van der Waals surface area (Å²) in [4.78, 5) is 9.24. The summed E-state index contributed by atoms with van der Waals surface area (Å²) >= 11 is 0. The van der Waals surface area contributed by atoms with Crippen molar-refractivity contribution in [3.05, 3.63) is 35.6 Å². The van der Waals surface area contributed by atoms with E-state index in [2.05, 4.69) is 20.1 Å². The number of morpholine rings is 1. The Morgan fingerprint density at radius 1 is 1.21 bits per heavy atom. The molecule has 6 nitrogen and oxygen atoms in total. The Labute approximate surface area is 166 Å². The average Bonchev–Trinajstić information content (AvgIpc) is 3.36. The first kappa shape index (κ1) is 19.6. The van der Waals surface area contributed by atoms with Crippen molar-refractivity contribution in [3.63, 3.8) is 0 Å². The van der Waals surface area contributed by atoms with E-state index in [9.17, 15) is 4.39 Å². The van der Waals surface area contributed by atoms with E-state index in [-0.39, 0.29) is 11.9 Å². The van der Waals surface area contributed by atoms with E-state index in [1.54, 1.807) is 12.1 Å². The van der Waals surface area contributed by atoms with Crippen LogP contribution in [0.1, 0.15) is 24.4 Å². The molecular weight excluding hydrogens is 359 g/mol. The molecule has 0 bridgehead atoms. The van der Waals surface area contributed by atoms with Gasteiger partial charge < -0.3 is 19.7 Å². The molecule has 0 aromatic heterocycles. The number of rotatable bonds is 4. The molecule has 3 saturated heterocycles. The lowest BCUT2D eigenvalue weighted by molar-refractivity contribution is 0.0168. The number of aliphatic imine (C=N–C) groups is 1. The fraction of sp³-hybridized carbons (Fsp3) is 0.667. The maximum absolute atomic E-state index is 13.9. The van der Waals surface area contributed by atoms with Gasteiger partial charge in [-0.3, -0.25) is 9.89 Å². The number of guanidine groups is 1. The lowest BCUT2D eigenvalue weighted by Crippen LogP contribution is -2.47. The monoisotopic (exact) mass is 390 g/mol. The van der Waals surface area contributed by atoms with Gasteiger partial charge in [0.25, 0.3) is 0 Å². The number of halogens is 1. The molecular formula is C21H31FN4O2. The molecule has 3 aliphatic heterocycles. The molecule has 0 saturated carbocycles. The van der Waals surface area contributed by atoms with Crippen molar-refractivity contribution in [2.24, 2.45) is 10.4 Å². The highest BCUT2D eigenvalue weighted by Crippen LogP contribution is 2.38. The predicted octanol–water partition coefficient (Wildman–Crippen LogP) is 1.89. The summed E-state index contributed by atoms with van der Waals surface area (Å²) in [5.74, 6) is 0.737. The molecule has 1 N–H and O–H groups in total. The molecule has 0 radical (unpaired) electrons. The van der Waals surface area contributed by atoms with Crippen molar-refractivity contribution in [1.82, 2.24) is 15.1 Å². The highest BCUT2D eigenvalue weighted by molar-refractivity contribution is 5.80. The average molecular weight is 391 g/mol. The van der Waals surface area contributed by atoms with Gasteiger partial charge in [0.15, 0.2) is 5.96 Å². The standard InChI is InChI=1S/C21H31FN4O2/c1-23-20(26-7-5-21(15-26)6-10-28-16-21)24-14-19(25-8-11-27-12-9-25)17-3-2-4-18(22)13-17/h2-4,13,19H,5-12,14-16H2,1H3,(H,23,24). The Balaban J connectivity index is 1.44. The van der Waals surface area contributed by atoms with Gasteiger partial charge in [-0.2, -0.15) is 0 Å². The first-order valence-corrected chi connectivity index (χ1v) is 10.3. The number of hydrogen-bond acceptors (Lipinski definition) is 4. The Bertz CT molecular complexity index is 687. The fourth-order valence-corrected chi connectivity index (χ4v) is 4.67. The second kappa shape index (κ2) is 8.76. The van der Waals surface area contributed by atoms with E-state index in [0.717, 1.165) is 77.0 Å². The van der Waals surface area contributed by atoms with Gasteiger partial charge >= 0.3 is 0 Å². The third-order valence-electron chi connectivity index (χ3n) is 6.31. The number of hydrogen-bond donors (Lipinski definition) is 1. The van der Waals surface area contributed by atoms with E-state index in [0.29, 0.717) is 12.0 Å². The SMILES string of the molecule is CN=C(NCC(c1cccc(F)c1)N1CCOCC1)N1CCC2(CCOC2)C1. The van der Waals surface area contributed by atoms with Crippen molar-refractivity contribution < 1.29 is 13.9 Å². The lowest BCUT2D eigenvalue weighted by atomic mass is 9.87. The quantitative estimate of drug-likeness (QED) is 0.629. The van der Waals surface area contributed by atoms with E-state index >= 15 is 0 Å². The molecule has 28 heavy (non-hydrogen) atoms. The van der Waals surface area contributed by atoms with Gasteiger partial charge in [-0.15, -0.1) is 0 Å². The van der Waals surface area contributed by atoms with Crippen molar-refractivity contribution >= 4 is 5.96 Å². The molecule has 4 rings (SSSR count). The second-order valence-corrected chi connectivity index (χ2v) is 8.12. The third-order valence-corrected chi connectivity index (χ3v) is 6.31. The van der Waals surface area contributed by atoms with Crippen LogP contribution in [0.5, 0.6) is 0 Å². The van der Waals surface area contributed by atoms with Crippen molar-refractivity contribution in [3.8, 4) is 0 Å². The Morgan fingerprint density at radius 3 is 2.79 bits per heavy atom. The zero-order valence-electron chi connectivity index (χ0n) is 16.7. The van der Waals surface area contributed by atoms with Gasteiger partial charge in [0.05, 0.1) is 25.9 Å². The van der Waals surface area contributed by atoms with Crippen LogP contribution in [0.2, 0.25) is 0 Å². The largest absolute Gasteiger partial charge is 0.381 e. The van der Waals surface area contributed by atoms with Gasteiger partial charge in [-0.1, -0.05) is 12.1 Å². The van der Waals surface area contributed by atoms with Gasteiger partial charge in [-0.25, -0.2) is 4.39 Å². The minimum absolute atomic E-state index is 0.0859. The molecule has 1 spiro atoms. The number of likely N-dealkylation sites (tertiary alicyclic amines) is 1. The molecule has 2 atom stereocenters. The van der Waals surface area contributed by atoms with Crippen molar-refractivity contribution in [2.45, 2.75) is 18.9 Å². The van der Waals surface area contributed by atoms with Crippen LogP contribution in [-0.4, -0.2) is 82.0 Å². The lowest BCUT2D eigenvalue weighted by Gasteiger charge is -2.36. The maximum Gasteiger partial charge on any atom is 0.193 e. The van der Waals surface area contributed by atoms with Gasteiger partial charge in [0.1, 0.15) is 5.82 Å². The first-order valence-electron chi connectivity index (χ1n) is 10.3. The molecule has 3 heterocycles. The Hall–Kier alpha value is -1.70. The number of nitrogens with one attached hydrogen (secondary N) is 1. The summed E-state index contributed by atoms with van der Waals surface area (Å²) in [7, 11) is 1.84. The van der Waals surface area contributed by atoms with Gasteiger partial charge in [0.2, 0.25) is 0 Å². The summed E-state index contributed by atoms with van der Waals surface area (Å²) < 4.78 is 25.0. The van der Waals surface area contributed by atoms with E-state index in [4.69, 9.17) is 9.47 Å². The van der Waals surface area contributed by atoms with Crippen LogP contribution in [-0.2, 0) is 9.47 Å². The zero-order chi connectivity index (χ0) is 19.4. The highest BCUT2D eigenvalue weighted by Gasteiger charge is 2.42. The van der Waals surface area contributed by atoms with Crippen LogP contribution in [0.4, 0.5) is 4.39 Å². The molecule has 154 valence electrons. The minimum atomic E-state index is -0.192. The molecule has 7 heteroatoms. The Kier molecular flexibility index (Phi) is 6.13. The van der Waals surface area contributed by atoms with Crippen LogP contribution in [0.15, 0.2) is 29.3 Å². The molecule has 0 amide bonds. The van der Waals surface area contributed by atoms with Crippen molar-refractivity contribution in [2.75, 3.05) is 66.2 Å². The van der Waals surface area contributed by atoms with Crippen LogP contribution in [0, 0.1) is 11.2 Å². The molecule has 3 fully saturated rings. The summed E-state index contributed by atoms with van der Waals surface area (Å²) in [6, 6.07) is 7.03.